The highest BCUT2D eigenvalue weighted by molar-refractivity contribution is 5.82. The van der Waals surface area contributed by atoms with Gasteiger partial charge in [0.2, 0.25) is 0 Å². The first-order valence-electron chi connectivity index (χ1n) is 10.6. The molecule has 0 aromatic carbocycles. The van der Waals surface area contributed by atoms with Crippen molar-refractivity contribution in [1.82, 2.24) is 14.9 Å². The topological polar surface area (TPSA) is 46.1 Å². The van der Waals surface area contributed by atoms with Gasteiger partial charge in [-0.3, -0.25) is 4.79 Å². The van der Waals surface area contributed by atoms with Crippen LogP contribution in [-0.4, -0.2) is 40.3 Å². The number of carbonyl (C=O) groups excluding carboxylic acids is 1. The molecule has 1 aliphatic carbocycles. The summed E-state index contributed by atoms with van der Waals surface area (Å²) in [5.74, 6) is 3.37. The van der Waals surface area contributed by atoms with Crippen molar-refractivity contribution in [3.05, 3.63) is 23.8 Å². The summed E-state index contributed by atoms with van der Waals surface area (Å²) in [4.78, 5) is 23.8. The second kappa shape index (κ2) is 9.07. The molecule has 0 radical (unpaired) electrons. The van der Waals surface area contributed by atoms with E-state index in [0.717, 1.165) is 31.0 Å². The van der Waals surface area contributed by atoms with Gasteiger partial charge in [-0.05, 0) is 69.0 Å². The maximum absolute atomic E-state index is 12.2. The fourth-order valence-corrected chi connectivity index (χ4v) is 4.67. The maximum Gasteiger partial charge on any atom is 0.138 e. The molecule has 26 heavy (non-hydrogen) atoms. The summed E-state index contributed by atoms with van der Waals surface area (Å²) in [5, 5.41) is 0. The first-order chi connectivity index (χ1) is 12.6. The number of hydrogen-bond donors (Lipinski definition) is 0. The summed E-state index contributed by atoms with van der Waals surface area (Å²) in [6, 6.07) is 0. The lowest BCUT2D eigenvalue weighted by atomic mass is 9.77. The van der Waals surface area contributed by atoms with Gasteiger partial charge in [0.25, 0.3) is 0 Å². The zero-order chi connectivity index (χ0) is 18.5. The van der Waals surface area contributed by atoms with Gasteiger partial charge in [0.1, 0.15) is 11.6 Å². The molecule has 4 nitrogen and oxygen atoms in total. The number of ketones is 1. The zero-order valence-electron chi connectivity index (χ0n) is 16.8. The van der Waals surface area contributed by atoms with Gasteiger partial charge in [-0.2, -0.15) is 0 Å². The van der Waals surface area contributed by atoms with Gasteiger partial charge < -0.3 is 4.90 Å². The summed E-state index contributed by atoms with van der Waals surface area (Å²) < 4.78 is 0. The smallest absolute Gasteiger partial charge is 0.138 e. The molecule has 2 heterocycles. The van der Waals surface area contributed by atoms with E-state index in [4.69, 9.17) is 0 Å². The molecule has 0 amide bonds. The van der Waals surface area contributed by atoms with E-state index in [0.29, 0.717) is 17.6 Å². The highest BCUT2D eigenvalue weighted by atomic mass is 16.1. The minimum Gasteiger partial charge on any atom is -0.303 e. The van der Waals surface area contributed by atoms with Gasteiger partial charge in [0.05, 0.1) is 0 Å². The zero-order valence-corrected chi connectivity index (χ0v) is 16.8. The molecular formula is C22H35N3O. The summed E-state index contributed by atoms with van der Waals surface area (Å²) >= 11 is 0. The van der Waals surface area contributed by atoms with Crippen LogP contribution in [0.1, 0.15) is 76.6 Å². The Morgan fingerprint density at radius 1 is 1.08 bits per heavy atom. The molecule has 2 aliphatic rings. The van der Waals surface area contributed by atoms with Crippen LogP contribution in [0.4, 0.5) is 0 Å². The molecule has 144 valence electrons. The molecule has 0 atom stereocenters. The third-order valence-corrected chi connectivity index (χ3v) is 6.44. The van der Waals surface area contributed by atoms with Crippen LogP contribution < -0.4 is 0 Å². The Morgan fingerprint density at radius 3 is 2.23 bits per heavy atom. The van der Waals surface area contributed by atoms with E-state index in [-0.39, 0.29) is 5.92 Å². The lowest BCUT2D eigenvalue weighted by Gasteiger charge is -2.36. The van der Waals surface area contributed by atoms with E-state index in [1.165, 1.54) is 50.9 Å². The largest absolute Gasteiger partial charge is 0.303 e. The van der Waals surface area contributed by atoms with Gasteiger partial charge in [0, 0.05) is 37.2 Å². The van der Waals surface area contributed by atoms with Gasteiger partial charge in [-0.25, -0.2) is 9.97 Å². The van der Waals surface area contributed by atoms with Crippen molar-refractivity contribution in [3.63, 3.8) is 0 Å². The SMILES string of the molecule is CCc1ncc(C2CCN(C[C@H]3CC[C@@H](C(=O)C(C)C)CC3)CC2)cn1. The van der Waals surface area contributed by atoms with Crippen molar-refractivity contribution in [3.8, 4) is 0 Å². The fraction of sp³-hybridized carbons (Fsp3) is 0.773. The third-order valence-electron chi connectivity index (χ3n) is 6.44. The molecule has 0 unspecified atom stereocenters. The number of rotatable bonds is 6. The van der Waals surface area contributed by atoms with Crippen molar-refractivity contribution in [2.75, 3.05) is 19.6 Å². The lowest BCUT2D eigenvalue weighted by Crippen LogP contribution is -2.38. The highest BCUT2D eigenvalue weighted by Crippen LogP contribution is 2.33. The molecular weight excluding hydrogens is 322 g/mol. The van der Waals surface area contributed by atoms with Crippen molar-refractivity contribution in [2.24, 2.45) is 17.8 Å². The Labute approximate surface area is 158 Å². The average Bonchev–Trinajstić information content (AvgIpc) is 2.68. The van der Waals surface area contributed by atoms with Crippen LogP contribution in [-0.2, 0) is 11.2 Å². The van der Waals surface area contributed by atoms with Crippen molar-refractivity contribution < 1.29 is 4.79 Å². The monoisotopic (exact) mass is 357 g/mol. The number of aromatic nitrogens is 2. The maximum atomic E-state index is 12.2. The quantitative estimate of drug-likeness (QED) is 0.763. The van der Waals surface area contributed by atoms with Gasteiger partial charge in [-0.1, -0.05) is 20.8 Å². The van der Waals surface area contributed by atoms with Crippen LogP contribution in [0.5, 0.6) is 0 Å². The molecule has 0 bridgehead atoms. The molecule has 1 aromatic rings. The minimum absolute atomic E-state index is 0.200. The van der Waals surface area contributed by atoms with E-state index < -0.39 is 0 Å². The van der Waals surface area contributed by atoms with Crippen LogP contribution in [0.15, 0.2) is 12.4 Å². The predicted molar refractivity (Wildman–Crippen MR) is 105 cm³/mol. The molecule has 3 rings (SSSR count). The predicted octanol–water partition coefficient (Wildman–Crippen LogP) is 4.25. The summed E-state index contributed by atoms with van der Waals surface area (Å²) in [7, 11) is 0. The first-order valence-corrected chi connectivity index (χ1v) is 10.6. The number of hydrogen-bond acceptors (Lipinski definition) is 4. The van der Waals surface area contributed by atoms with Crippen LogP contribution >= 0.6 is 0 Å². The number of nitrogens with zero attached hydrogens (tertiary/aromatic N) is 3. The number of piperidine rings is 1. The minimum atomic E-state index is 0.200. The van der Waals surface area contributed by atoms with Crippen molar-refractivity contribution >= 4 is 5.78 Å². The lowest BCUT2D eigenvalue weighted by molar-refractivity contribution is -0.127. The van der Waals surface area contributed by atoms with Crippen molar-refractivity contribution in [2.45, 2.75) is 71.6 Å². The van der Waals surface area contributed by atoms with Gasteiger partial charge in [-0.15, -0.1) is 0 Å². The van der Waals surface area contributed by atoms with E-state index in [9.17, 15) is 4.79 Å². The van der Waals surface area contributed by atoms with Crippen LogP contribution in [0.3, 0.4) is 0 Å². The normalized spacial score (nSPS) is 25.5. The number of Topliss-reactive ketones (excluding diaryl/α,β-unsaturated/α-hetero) is 1. The second-order valence-electron chi connectivity index (χ2n) is 8.64. The second-order valence-corrected chi connectivity index (χ2v) is 8.64. The Balaban J connectivity index is 1.41. The summed E-state index contributed by atoms with van der Waals surface area (Å²) in [6.45, 7) is 9.77. The Morgan fingerprint density at radius 2 is 1.69 bits per heavy atom. The molecule has 1 saturated carbocycles. The van der Waals surface area contributed by atoms with E-state index in [1.807, 2.05) is 26.2 Å². The fourth-order valence-electron chi connectivity index (χ4n) is 4.67. The first kappa shape index (κ1) is 19.5. The Kier molecular flexibility index (Phi) is 6.80. The standard InChI is InChI=1S/C22H35N3O/c1-4-21-23-13-20(14-24-21)18-9-11-25(12-10-18)15-17-5-7-19(8-6-17)22(26)16(2)3/h13-14,16-19H,4-12,15H2,1-3H3/t17-,19+. The van der Waals surface area contributed by atoms with Gasteiger partial charge >= 0.3 is 0 Å². The number of likely N-dealkylation sites (tertiary alicyclic amines) is 1. The van der Waals surface area contributed by atoms with E-state index in [2.05, 4.69) is 21.8 Å². The highest BCUT2D eigenvalue weighted by Gasteiger charge is 2.29. The summed E-state index contributed by atoms with van der Waals surface area (Å²) in [6.07, 6.45) is 12.1. The van der Waals surface area contributed by atoms with Crippen LogP contribution in [0.2, 0.25) is 0 Å². The molecule has 1 aromatic heterocycles. The number of aryl methyl sites for hydroxylation is 1. The Hall–Kier alpha value is -1.29. The van der Waals surface area contributed by atoms with E-state index >= 15 is 0 Å². The molecule has 1 saturated heterocycles. The van der Waals surface area contributed by atoms with Gasteiger partial charge in [0.15, 0.2) is 0 Å². The molecule has 4 heteroatoms. The van der Waals surface area contributed by atoms with Crippen molar-refractivity contribution in [1.29, 1.82) is 0 Å². The molecule has 2 fully saturated rings. The Bertz CT molecular complexity index is 568. The molecule has 0 N–H and O–H groups in total. The molecule has 0 spiro atoms. The molecule has 1 aliphatic heterocycles. The third kappa shape index (κ3) is 4.91. The average molecular weight is 358 g/mol. The van der Waals surface area contributed by atoms with Crippen LogP contribution in [0, 0.1) is 17.8 Å². The number of carbonyl (C=O) groups is 1. The van der Waals surface area contributed by atoms with E-state index in [1.54, 1.807) is 0 Å². The summed E-state index contributed by atoms with van der Waals surface area (Å²) in [5.41, 5.74) is 1.31. The van der Waals surface area contributed by atoms with Crippen LogP contribution in [0.25, 0.3) is 0 Å².